The summed E-state index contributed by atoms with van der Waals surface area (Å²) < 4.78 is 3.25. The van der Waals surface area contributed by atoms with Gasteiger partial charge < -0.3 is 5.11 Å². The van der Waals surface area contributed by atoms with Gasteiger partial charge in [0.2, 0.25) is 0 Å². The molecule has 3 rings (SSSR count). The Morgan fingerprint density at radius 3 is 2.95 bits per heavy atom. The zero-order chi connectivity index (χ0) is 14.8. The summed E-state index contributed by atoms with van der Waals surface area (Å²) in [6.07, 6.45) is 4.16. The van der Waals surface area contributed by atoms with Crippen molar-refractivity contribution in [3.05, 3.63) is 40.5 Å². The van der Waals surface area contributed by atoms with E-state index >= 15 is 0 Å². The predicted molar refractivity (Wildman–Crippen MR) is 77.2 cm³/mol. The van der Waals surface area contributed by atoms with E-state index in [0.29, 0.717) is 17.8 Å². The second kappa shape index (κ2) is 5.49. The molecule has 8 heteroatoms. The van der Waals surface area contributed by atoms with Crippen LogP contribution in [-0.4, -0.2) is 35.9 Å². The Labute approximate surface area is 124 Å². The number of aromatic carboxylic acids is 1. The molecule has 108 valence electrons. The van der Waals surface area contributed by atoms with E-state index in [-0.39, 0.29) is 5.69 Å². The van der Waals surface area contributed by atoms with Crippen LogP contribution in [-0.2, 0) is 20.0 Å². The van der Waals surface area contributed by atoms with Crippen molar-refractivity contribution in [2.24, 2.45) is 7.05 Å². The largest absolute Gasteiger partial charge is 0.476 e. The van der Waals surface area contributed by atoms with Crippen molar-refractivity contribution in [3.63, 3.8) is 0 Å². The number of carbonyl (C=O) groups is 1. The average Bonchev–Trinajstić information content (AvgIpc) is 3.15. The first-order valence-electron chi connectivity index (χ1n) is 6.33. The van der Waals surface area contributed by atoms with E-state index in [0.717, 1.165) is 6.42 Å². The fourth-order valence-corrected chi connectivity index (χ4v) is 2.81. The van der Waals surface area contributed by atoms with E-state index in [1.165, 1.54) is 4.88 Å². The fourth-order valence-electron chi connectivity index (χ4n) is 2.11. The van der Waals surface area contributed by atoms with Crippen molar-refractivity contribution >= 4 is 17.3 Å². The van der Waals surface area contributed by atoms with Crippen LogP contribution in [0.5, 0.6) is 0 Å². The molecule has 0 aromatic carbocycles. The van der Waals surface area contributed by atoms with Gasteiger partial charge in [0.05, 0.1) is 6.20 Å². The second-order valence-electron chi connectivity index (χ2n) is 4.55. The van der Waals surface area contributed by atoms with Crippen molar-refractivity contribution in [3.8, 4) is 11.3 Å². The summed E-state index contributed by atoms with van der Waals surface area (Å²) in [4.78, 5) is 12.5. The second-order valence-corrected chi connectivity index (χ2v) is 5.58. The van der Waals surface area contributed by atoms with E-state index in [1.807, 2.05) is 17.5 Å². The molecule has 21 heavy (non-hydrogen) atoms. The maximum atomic E-state index is 11.3. The van der Waals surface area contributed by atoms with Crippen molar-refractivity contribution < 1.29 is 9.90 Å². The first-order valence-corrected chi connectivity index (χ1v) is 7.21. The van der Waals surface area contributed by atoms with Gasteiger partial charge in [-0.1, -0.05) is 11.3 Å². The Morgan fingerprint density at radius 2 is 2.33 bits per heavy atom. The highest BCUT2D eigenvalue weighted by Crippen LogP contribution is 2.22. The summed E-state index contributed by atoms with van der Waals surface area (Å²) in [6.45, 7) is 0.574. The quantitative estimate of drug-likeness (QED) is 0.775. The van der Waals surface area contributed by atoms with Gasteiger partial charge in [0, 0.05) is 36.7 Å². The van der Waals surface area contributed by atoms with Gasteiger partial charge >= 0.3 is 5.97 Å². The van der Waals surface area contributed by atoms with Crippen LogP contribution < -0.4 is 0 Å². The number of rotatable bonds is 5. The summed E-state index contributed by atoms with van der Waals surface area (Å²) in [5, 5.41) is 23.1. The normalized spacial score (nSPS) is 10.9. The van der Waals surface area contributed by atoms with E-state index in [4.69, 9.17) is 0 Å². The van der Waals surface area contributed by atoms with Gasteiger partial charge in [-0.05, 0) is 11.4 Å². The molecule has 3 heterocycles. The lowest BCUT2D eigenvalue weighted by Crippen LogP contribution is -2.06. The first-order chi connectivity index (χ1) is 10.1. The van der Waals surface area contributed by atoms with Gasteiger partial charge in [-0.2, -0.15) is 5.10 Å². The molecule has 0 amide bonds. The fraction of sp³-hybridized carbons (Fsp3) is 0.231. The SMILES string of the molecule is Cn1cc(-c2c(C(=O)O)nnn2CCc2cccs2)cn1. The third-order valence-electron chi connectivity index (χ3n) is 3.07. The van der Waals surface area contributed by atoms with Crippen LogP contribution in [0.4, 0.5) is 0 Å². The molecule has 0 saturated heterocycles. The Kier molecular flexibility index (Phi) is 3.53. The third-order valence-corrected chi connectivity index (χ3v) is 4.00. The minimum absolute atomic E-state index is 0.0471. The van der Waals surface area contributed by atoms with E-state index < -0.39 is 5.97 Å². The van der Waals surface area contributed by atoms with E-state index in [1.54, 1.807) is 40.1 Å². The highest BCUT2D eigenvalue weighted by molar-refractivity contribution is 7.09. The lowest BCUT2D eigenvalue weighted by atomic mass is 10.2. The number of hydrogen-bond donors (Lipinski definition) is 1. The summed E-state index contributed by atoms with van der Waals surface area (Å²) >= 11 is 1.67. The minimum Gasteiger partial charge on any atom is -0.476 e. The van der Waals surface area contributed by atoms with Crippen LogP contribution >= 0.6 is 11.3 Å². The lowest BCUT2D eigenvalue weighted by Gasteiger charge is -2.04. The number of nitrogens with zero attached hydrogens (tertiary/aromatic N) is 5. The van der Waals surface area contributed by atoms with Gasteiger partial charge in [-0.3, -0.25) is 4.68 Å². The molecule has 0 aliphatic heterocycles. The molecule has 0 spiro atoms. The van der Waals surface area contributed by atoms with Crippen LogP contribution in [0.15, 0.2) is 29.9 Å². The van der Waals surface area contributed by atoms with Gasteiger partial charge in [-0.15, -0.1) is 16.4 Å². The maximum Gasteiger partial charge on any atom is 0.358 e. The molecule has 0 aliphatic carbocycles. The van der Waals surface area contributed by atoms with Gasteiger partial charge in [-0.25, -0.2) is 9.48 Å². The topological polar surface area (TPSA) is 85.8 Å². The zero-order valence-electron chi connectivity index (χ0n) is 11.3. The molecule has 3 aromatic heterocycles. The van der Waals surface area contributed by atoms with E-state index in [9.17, 15) is 9.90 Å². The van der Waals surface area contributed by atoms with Crippen molar-refractivity contribution in [2.75, 3.05) is 0 Å². The number of carboxylic acids is 1. The Hall–Kier alpha value is -2.48. The first kappa shape index (κ1) is 13.5. The van der Waals surface area contributed by atoms with Crippen molar-refractivity contribution in [1.29, 1.82) is 0 Å². The molecule has 0 radical (unpaired) electrons. The van der Waals surface area contributed by atoms with Gasteiger partial charge in [0.15, 0.2) is 5.69 Å². The minimum atomic E-state index is -1.09. The number of aryl methyl sites for hydroxylation is 3. The summed E-state index contributed by atoms with van der Waals surface area (Å²) in [7, 11) is 1.78. The summed E-state index contributed by atoms with van der Waals surface area (Å²) in [5.74, 6) is -1.09. The molecule has 0 saturated carbocycles. The molecule has 0 bridgehead atoms. The molecular formula is C13H13N5O2S. The summed E-state index contributed by atoms with van der Waals surface area (Å²) in [5.41, 5.74) is 1.15. The maximum absolute atomic E-state index is 11.3. The van der Waals surface area contributed by atoms with Crippen molar-refractivity contribution in [2.45, 2.75) is 13.0 Å². The molecule has 0 atom stereocenters. The number of carboxylic acid groups (broad SMARTS) is 1. The number of aromatic nitrogens is 5. The van der Waals surface area contributed by atoms with Crippen LogP contribution in [0.3, 0.4) is 0 Å². The standard InChI is InChI=1S/C13H13N5O2S/c1-17-8-9(7-14-17)12-11(13(19)20)15-16-18(12)5-4-10-3-2-6-21-10/h2-3,6-8H,4-5H2,1H3,(H,19,20). The number of hydrogen-bond acceptors (Lipinski definition) is 5. The monoisotopic (exact) mass is 303 g/mol. The predicted octanol–water partition coefficient (Wildman–Crippen LogP) is 1.68. The molecule has 0 fully saturated rings. The highest BCUT2D eigenvalue weighted by Gasteiger charge is 2.21. The molecule has 7 nitrogen and oxygen atoms in total. The summed E-state index contributed by atoms with van der Waals surface area (Å²) in [6, 6.07) is 4.04. The smallest absolute Gasteiger partial charge is 0.358 e. The molecule has 0 unspecified atom stereocenters. The third kappa shape index (κ3) is 2.70. The Bertz CT molecular complexity index is 759. The zero-order valence-corrected chi connectivity index (χ0v) is 12.1. The van der Waals surface area contributed by atoms with E-state index in [2.05, 4.69) is 15.4 Å². The molecule has 3 aromatic rings. The average molecular weight is 303 g/mol. The lowest BCUT2D eigenvalue weighted by molar-refractivity contribution is 0.0691. The van der Waals surface area contributed by atoms with Crippen LogP contribution in [0.25, 0.3) is 11.3 Å². The Morgan fingerprint density at radius 1 is 1.48 bits per heavy atom. The van der Waals surface area contributed by atoms with Crippen LogP contribution in [0.1, 0.15) is 15.4 Å². The van der Waals surface area contributed by atoms with Crippen molar-refractivity contribution in [1.82, 2.24) is 24.8 Å². The van der Waals surface area contributed by atoms with Gasteiger partial charge in [0.25, 0.3) is 0 Å². The number of thiophene rings is 1. The van der Waals surface area contributed by atoms with Gasteiger partial charge in [0.1, 0.15) is 5.69 Å². The molecule has 1 N–H and O–H groups in total. The van der Waals surface area contributed by atoms with Crippen LogP contribution in [0.2, 0.25) is 0 Å². The molecular weight excluding hydrogens is 290 g/mol. The van der Waals surface area contributed by atoms with Crippen LogP contribution in [0, 0.1) is 0 Å². The molecule has 0 aliphatic rings. The Balaban J connectivity index is 1.94. The highest BCUT2D eigenvalue weighted by atomic mass is 32.1.